The van der Waals surface area contributed by atoms with Crippen LogP contribution < -0.4 is 0 Å². The fourth-order valence-electron chi connectivity index (χ4n) is 2.59. The first kappa shape index (κ1) is 14.9. The van der Waals surface area contributed by atoms with Crippen LogP contribution in [0.3, 0.4) is 0 Å². The summed E-state index contributed by atoms with van der Waals surface area (Å²) in [6, 6.07) is 6.40. The first-order valence-electron chi connectivity index (χ1n) is 7.40. The van der Waals surface area contributed by atoms with E-state index in [1.807, 2.05) is 20.8 Å². The van der Waals surface area contributed by atoms with Crippen molar-refractivity contribution < 1.29 is 9.53 Å². The highest BCUT2D eigenvalue weighted by molar-refractivity contribution is 5.69. The van der Waals surface area contributed by atoms with E-state index in [9.17, 15) is 4.79 Å². The molecule has 1 aromatic rings. The minimum atomic E-state index is -0.439. The Hall–Kier alpha value is -1.51. The Balaban J connectivity index is 2.17. The number of rotatable bonds is 2. The lowest BCUT2D eigenvalue weighted by Gasteiger charge is -2.24. The molecule has 0 aromatic heterocycles. The van der Waals surface area contributed by atoms with E-state index in [0.29, 0.717) is 19.0 Å². The maximum atomic E-state index is 12.2. The quantitative estimate of drug-likeness (QED) is 0.798. The zero-order valence-electron chi connectivity index (χ0n) is 13.2. The number of fused-ring (bicyclic) bond motifs is 1. The molecule has 20 heavy (non-hydrogen) atoms. The van der Waals surface area contributed by atoms with Gasteiger partial charge >= 0.3 is 6.09 Å². The lowest BCUT2D eigenvalue weighted by atomic mass is 9.92. The second-order valence-corrected chi connectivity index (χ2v) is 6.63. The van der Waals surface area contributed by atoms with Crippen molar-refractivity contribution >= 4 is 6.09 Å². The van der Waals surface area contributed by atoms with Crippen LogP contribution in [0.4, 0.5) is 4.79 Å². The van der Waals surface area contributed by atoms with Crippen LogP contribution in [0.15, 0.2) is 18.2 Å². The summed E-state index contributed by atoms with van der Waals surface area (Å²) in [5, 5.41) is 0. The van der Waals surface area contributed by atoms with Crippen LogP contribution in [-0.2, 0) is 17.8 Å². The molecule has 1 aliphatic rings. The van der Waals surface area contributed by atoms with Crippen molar-refractivity contribution in [2.24, 2.45) is 0 Å². The monoisotopic (exact) mass is 275 g/mol. The molecule has 0 saturated heterocycles. The van der Waals surface area contributed by atoms with Crippen molar-refractivity contribution in [2.75, 3.05) is 0 Å². The predicted molar refractivity (Wildman–Crippen MR) is 80.6 cm³/mol. The van der Waals surface area contributed by atoms with Crippen LogP contribution in [0.2, 0.25) is 0 Å². The molecule has 1 atom stereocenters. The number of hydrogen-bond donors (Lipinski definition) is 0. The van der Waals surface area contributed by atoms with Gasteiger partial charge in [0.1, 0.15) is 5.60 Å². The maximum absolute atomic E-state index is 12.2. The molecule has 1 aromatic carbocycles. The summed E-state index contributed by atoms with van der Waals surface area (Å²) in [6.07, 6.45) is 0.895. The molecule has 1 aliphatic heterocycles. The molecule has 1 amide bonds. The van der Waals surface area contributed by atoms with Crippen molar-refractivity contribution in [3.8, 4) is 0 Å². The Labute approximate surface area is 121 Å². The van der Waals surface area contributed by atoms with E-state index in [-0.39, 0.29) is 6.09 Å². The van der Waals surface area contributed by atoms with Crippen molar-refractivity contribution in [1.82, 2.24) is 4.90 Å². The van der Waals surface area contributed by atoms with Crippen molar-refractivity contribution in [3.63, 3.8) is 0 Å². The van der Waals surface area contributed by atoms with Gasteiger partial charge in [-0.05, 0) is 49.8 Å². The van der Waals surface area contributed by atoms with Gasteiger partial charge in [-0.15, -0.1) is 0 Å². The SMILES string of the molecule is CCC(C)c1cccc2c1CN(C(=O)OC(C)(C)C)C2. The van der Waals surface area contributed by atoms with E-state index in [4.69, 9.17) is 4.74 Å². The van der Waals surface area contributed by atoms with Crippen molar-refractivity contribution in [1.29, 1.82) is 0 Å². The molecule has 0 saturated carbocycles. The molecule has 3 nitrogen and oxygen atoms in total. The number of carbonyl (C=O) groups excluding carboxylic acids is 1. The van der Waals surface area contributed by atoms with Crippen LogP contribution in [0.5, 0.6) is 0 Å². The summed E-state index contributed by atoms with van der Waals surface area (Å²) < 4.78 is 5.47. The Bertz CT molecular complexity index is 502. The molecule has 0 spiro atoms. The lowest BCUT2D eigenvalue weighted by molar-refractivity contribution is 0.0241. The highest BCUT2D eigenvalue weighted by Crippen LogP contribution is 2.32. The van der Waals surface area contributed by atoms with Crippen molar-refractivity contribution in [3.05, 3.63) is 34.9 Å². The minimum Gasteiger partial charge on any atom is -0.444 e. The van der Waals surface area contributed by atoms with Gasteiger partial charge in [-0.1, -0.05) is 32.0 Å². The van der Waals surface area contributed by atoms with Gasteiger partial charge < -0.3 is 4.74 Å². The van der Waals surface area contributed by atoms with Gasteiger partial charge in [0.15, 0.2) is 0 Å². The van der Waals surface area contributed by atoms with Crippen molar-refractivity contribution in [2.45, 2.75) is 65.6 Å². The molecule has 0 radical (unpaired) electrons. The highest BCUT2D eigenvalue weighted by Gasteiger charge is 2.29. The van der Waals surface area contributed by atoms with Crippen LogP contribution >= 0.6 is 0 Å². The molecular weight excluding hydrogens is 250 g/mol. The van der Waals surface area contributed by atoms with Gasteiger partial charge in [0, 0.05) is 13.1 Å². The average molecular weight is 275 g/mol. The van der Waals surface area contributed by atoms with E-state index in [1.54, 1.807) is 4.90 Å². The lowest BCUT2D eigenvalue weighted by Crippen LogP contribution is -2.33. The summed E-state index contributed by atoms with van der Waals surface area (Å²) in [5.41, 5.74) is 3.50. The third kappa shape index (κ3) is 3.14. The molecule has 0 aliphatic carbocycles. The van der Waals surface area contributed by atoms with E-state index in [2.05, 4.69) is 32.0 Å². The molecule has 1 unspecified atom stereocenters. The minimum absolute atomic E-state index is 0.219. The number of ether oxygens (including phenoxy) is 1. The van der Waals surface area contributed by atoms with Gasteiger partial charge in [-0.25, -0.2) is 4.79 Å². The Morgan fingerprint density at radius 3 is 2.65 bits per heavy atom. The topological polar surface area (TPSA) is 29.5 Å². The number of benzene rings is 1. The normalized spacial score (nSPS) is 15.9. The fourth-order valence-corrected chi connectivity index (χ4v) is 2.59. The summed E-state index contributed by atoms with van der Waals surface area (Å²) in [4.78, 5) is 14.0. The summed E-state index contributed by atoms with van der Waals surface area (Å²) >= 11 is 0. The maximum Gasteiger partial charge on any atom is 0.410 e. The van der Waals surface area contributed by atoms with Gasteiger partial charge in [-0.3, -0.25) is 4.90 Å². The van der Waals surface area contributed by atoms with Gasteiger partial charge in [0.25, 0.3) is 0 Å². The van der Waals surface area contributed by atoms with E-state index >= 15 is 0 Å². The molecular formula is C17H25NO2. The summed E-state index contributed by atoms with van der Waals surface area (Å²) in [6.45, 7) is 11.5. The highest BCUT2D eigenvalue weighted by atomic mass is 16.6. The third-order valence-corrected chi connectivity index (χ3v) is 3.81. The number of carbonyl (C=O) groups is 1. The Kier molecular flexibility index (Phi) is 4.07. The Morgan fingerprint density at radius 2 is 2.05 bits per heavy atom. The zero-order chi connectivity index (χ0) is 14.9. The van der Waals surface area contributed by atoms with E-state index in [1.165, 1.54) is 16.7 Å². The molecule has 110 valence electrons. The first-order chi connectivity index (χ1) is 9.31. The van der Waals surface area contributed by atoms with Crippen LogP contribution in [0.25, 0.3) is 0 Å². The summed E-state index contributed by atoms with van der Waals surface area (Å²) in [5.74, 6) is 0.531. The smallest absolute Gasteiger partial charge is 0.410 e. The van der Waals surface area contributed by atoms with Gasteiger partial charge in [0.2, 0.25) is 0 Å². The van der Waals surface area contributed by atoms with Crippen LogP contribution in [0, 0.1) is 0 Å². The molecule has 2 rings (SSSR count). The second kappa shape index (κ2) is 5.47. The standard InChI is InChI=1S/C17H25NO2/c1-6-12(2)14-9-7-8-13-10-18(11-15(13)14)16(19)20-17(3,4)5/h7-9,12H,6,10-11H2,1-5H3. The molecule has 0 fully saturated rings. The summed E-state index contributed by atoms with van der Waals surface area (Å²) in [7, 11) is 0. The fraction of sp³-hybridized carbons (Fsp3) is 0.588. The Morgan fingerprint density at radius 1 is 1.35 bits per heavy atom. The van der Waals surface area contributed by atoms with E-state index in [0.717, 1.165) is 6.42 Å². The first-order valence-corrected chi connectivity index (χ1v) is 7.40. The zero-order valence-corrected chi connectivity index (χ0v) is 13.2. The van der Waals surface area contributed by atoms with E-state index < -0.39 is 5.60 Å². The molecule has 0 N–H and O–H groups in total. The largest absolute Gasteiger partial charge is 0.444 e. The van der Waals surface area contributed by atoms with Gasteiger partial charge in [-0.2, -0.15) is 0 Å². The molecule has 0 bridgehead atoms. The second-order valence-electron chi connectivity index (χ2n) is 6.63. The number of nitrogens with zero attached hydrogens (tertiary/aromatic N) is 1. The van der Waals surface area contributed by atoms with Crippen LogP contribution in [0.1, 0.15) is 63.6 Å². The van der Waals surface area contributed by atoms with Gasteiger partial charge in [0.05, 0.1) is 0 Å². The number of amides is 1. The molecule has 3 heteroatoms. The third-order valence-electron chi connectivity index (χ3n) is 3.81. The average Bonchev–Trinajstić information content (AvgIpc) is 2.79. The molecule has 1 heterocycles. The predicted octanol–water partition coefficient (Wildman–Crippen LogP) is 4.45. The number of hydrogen-bond acceptors (Lipinski definition) is 2. The van der Waals surface area contributed by atoms with Crippen LogP contribution in [-0.4, -0.2) is 16.6 Å².